The highest BCUT2D eigenvalue weighted by Crippen LogP contribution is 2.20. The fourth-order valence-corrected chi connectivity index (χ4v) is 6.86. The van der Waals surface area contributed by atoms with Gasteiger partial charge >= 0.3 is 0 Å². The van der Waals surface area contributed by atoms with Crippen molar-refractivity contribution in [3.05, 3.63) is 139 Å². The summed E-state index contributed by atoms with van der Waals surface area (Å²) >= 11 is 0. The predicted octanol–water partition coefficient (Wildman–Crippen LogP) is 3.90. The number of nitro groups is 1. The summed E-state index contributed by atoms with van der Waals surface area (Å²) < 4.78 is 30.4. The van der Waals surface area contributed by atoms with E-state index < -0.39 is 22.1 Å². The lowest BCUT2D eigenvalue weighted by Crippen LogP contribution is -2.46. The van der Waals surface area contributed by atoms with Crippen LogP contribution in [0.25, 0.3) is 33.3 Å². The minimum Gasteiger partial charge on any atom is -0.314 e. The second kappa shape index (κ2) is 16.7. The molecule has 1 N–H and O–H groups in total. The molecule has 55 heavy (non-hydrogen) atoms. The van der Waals surface area contributed by atoms with E-state index in [1.807, 2.05) is 48.5 Å². The van der Waals surface area contributed by atoms with Crippen molar-refractivity contribution < 1.29 is 13.7 Å². The number of benzene rings is 3. The lowest BCUT2D eigenvalue weighted by Gasteiger charge is -2.34. The largest absolute Gasteiger partial charge is 0.314 e. The molecule has 0 bridgehead atoms. The van der Waals surface area contributed by atoms with Crippen LogP contribution in [0.5, 0.6) is 0 Å². The zero-order chi connectivity index (χ0) is 38.5. The molecule has 3 aromatic heterocycles. The van der Waals surface area contributed by atoms with E-state index in [9.17, 15) is 28.5 Å². The lowest BCUT2D eigenvalue weighted by molar-refractivity contribution is -0.385. The van der Waals surface area contributed by atoms with E-state index in [0.717, 1.165) is 77.2 Å². The normalized spacial score (nSPS) is 15.5. The molecule has 0 aliphatic carbocycles. The summed E-state index contributed by atoms with van der Waals surface area (Å²) in [6.45, 7) is 11.3. The third-order valence-corrected chi connectivity index (χ3v) is 9.85. The molecule has 3 aromatic carbocycles. The Bertz CT molecular complexity index is 2430. The molecule has 0 unspecified atom stereocenters. The predicted molar refractivity (Wildman–Crippen MR) is 205 cm³/mol. The van der Waals surface area contributed by atoms with Gasteiger partial charge in [0.2, 0.25) is 0 Å². The smallest absolute Gasteiger partial charge is 0.288 e. The molecular weight excluding hydrogens is 710 g/mol. The maximum Gasteiger partial charge on any atom is 0.288 e. The Morgan fingerprint density at radius 2 is 1.24 bits per heavy atom. The number of likely N-dealkylation sites (N-methyl/N-ethyl adjacent to an activating group) is 1. The van der Waals surface area contributed by atoms with Gasteiger partial charge in [-0.3, -0.25) is 38.6 Å². The first-order valence-corrected chi connectivity index (χ1v) is 18.2. The molecule has 6 aromatic rings. The Balaban J connectivity index is 0.000000170. The molecule has 2 fully saturated rings. The number of rotatable bonds is 8. The molecule has 5 heterocycles. The SMILES string of the molecule is CCN1CCN(Cc2nc3ncc([N+](=O)[O-])cc3c(=O)n2-c2ccccc2)CC1.O=c1c2cc(F)c(F)cc2nc(CN2CCNCC2)n1-c1ccccc1. The molecule has 0 amide bonds. The summed E-state index contributed by atoms with van der Waals surface area (Å²) in [4.78, 5) is 57.0. The van der Waals surface area contributed by atoms with Gasteiger partial charge < -0.3 is 10.2 Å². The number of hydrogen-bond donors (Lipinski definition) is 1. The zero-order valence-electron chi connectivity index (χ0n) is 30.3. The van der Waals surface area contributed by atoms with Crippen molar-refractivity contribution in [3.8, 4) is 11.4 Å². The van der Waals surface area contributed by atoms with Gasteiger partial charge in [-0.05, 0) is 36.9 Å². The van der Waals surface area contributed by atoms with Gasteiger partial charge in [-0.1, -0.05) is 43.3 Å². The molecule has 284 valence electrons. The van der Waals surface area contributed by atoms with Crippen LogP contribution in [0.3, 0.4) is 0 Å². The van der Waals surface area contributed by atoms with Gasteiger partial charge in [0.05, 0.1) is 45.7 Å². The van der Waals surface area contributed by atoms with E-state index in [0.29, 0.717) is 36.1 Å². The third kappa shape index (κ3) is 8.32. The summed E-state index contributed by atoms with van der Waals surface area (Å²) in [5.74, 6) is -0.956. The fourth-order valence-electron chi connectivity index (χ4n) is 6.86. The van der Waals surface area contributed by atoms with Gasteiger partial charge in [-0.15, -0.1) is 0 Å². The summed E-state index contributed by atoms with van der Waals surface area (Å²) in [5, 5.41) is 14.6. The van der Waals surface area contributed by atoms with Crippen LogP contribution in [0.1, 0.15) is 18.6 Å². The summed E-state index contributed by atoms with van der Waals surface area (Å²) in [5.41, 5.74) is 0.771. The van der Waals surface area contributed by atoms with Crippen molar-refractivity contribution in [1.29, 1.82) is 0 Å². The number of fused-ring (bicyclic) bond motifs is 2. The van der Waals surface area contributed by atoms with Gasteiger partial charge in [-0.2, -0.15) is 0 Å². The van der Waals surface area contributed by atoms with Gasteiger partial charge in [0.15, 0.2) is 17.3 Å². The molecular formula is C39H40F2N10O4. The van der Waals surface area contributed by atoms with Gasteiger partial charge in [0.1, 0.15) is 17.8 Å². The standard InChI is InChI=1S/C20H22N6O3.C19H18F2N4O/c1-2-23-8-10-24(11-9-23)14-18-22-19-17(12-16(13-21-19)26(28)29)20(27)25(18)15-6-4-3-5-7-15;20-15-10-14-17(11-16(15)21)23-18(12-24-8-6-22-7-9-24)25(19(14)26)13-4-2-1-3-5-13/h3-7,12-13H,2,8-11,14H2,1H3;1-5,10-11,22H,6-9,12H2. The van der Waals surface area contributed by atoms with Crippen molar-refractivity contribution in [2.75, 3.05) is 58.9 Å². The van der Waals surface area contributed by atoms with Crippen LogP contribution in [0.2, 0.25) is 0 Å². The minimum absolute atomic E-state index is 0.0665. The zero-order valence-corrected chi connectivity index (χ0v) is 30.3. The highest BCUT2D eigenvalue weighted by atomic mass is 19.2. The number of para-hydroxylation sites is 2. The maximum absolute atomic E-state index is 13.7. The summed E-state index contributed by atoms with van der Waals surface area (Å²) in [6, 6.07) is 21.5. The second-order valence-electron chi connectivity index (χ2n) is 13.4. The second-order valence-corrected chi connectivity index (χ2v) is 13.4. The first-order valence-electron chi connectivity index (χ1n) is 18.2. The van der Waals surface area contributed by atoms with Crippen LogP contribution in [0.15, 0.2) is 94.6 Å². The summed E-state index contributed by atoms with van der Waals surface area (Å²) in [7, 11) is 0. The number of pyridine rings is 1. The molecule has 0 spiro atoms. The average Bonchev–Trinajstić information content (AvgIpc) is 3.20. The van der Waals surface area contributed by atoms with Crippen molar-refractivity contribution in [2.45, 2.75) is 20.0 Å². The molecule has 16 heteroatoms. The van der Waals surface area contributed by atoms with E-state index in [2.05, 4.69) is 41.9 Å². The van der Waals surface area contributed by atoms with E-state index in [1.54, 1.807) is 16.7 Å². The van der Waals surface area contributed by atoms with E-state index in [4.69, 9.17) is 0 Å². The fraction of sp³-hybridized carbons (Fsp3) is 0.308. The minimum atomic E-state index is -1.05. The van der Waals surface area contributed by atoms with Crippen LogP contribution in [-0.4, -0.2) is 103 Å². The number of piperazine rings is 2. The van der Waals surface area contributed by atoms with Crippen LogP contribution in [0.4, 0.5) is 14.5 Å². The summed E-state index contributed by atoms with van der Waals surface area (Å²) in [6.07, 6.45) is 1.14. The Labute approximate surface area is 314 Å². The Hall–Kier alpha value is -5.81. The molecule has 2 aliphatic heterocycles. The van der Waals surface area contributed by atoms with Crippen LogP contribution < -0.4 is 16.4 Å². The molecule has 0 saturated carbocycles. The van der Waals surface area contributed by atoms with Gasteiger partial charge in [0.25, 0.3) is 16.8 Å². The number of halogens is 2. The number of nitrogens with one attached hydrogen (secondary N) is 1. The highest BCUT2D eigenvalue weighted by Gasteiger charge is 2.22. The molecule has 8 rings (SSSR count). The Morgan fingerprint density at radius 1 is 0.709 bits per heavy atom. The number of aromatic nitrogens is 5. The molecule has 0 radical (unpaired) electrons. The third-order valence-electron chi connectivity index (χ3n) is 9.85. The lowest BCUT2D eigenvalue weighted by atomic mass is 10.2. The van der Waals surface area contributed by atoms with Crippen LogP contribution >= 0.6 is 0 Å². The monoisotopic (exact) mass is 750 g/mol. The van der Waals surface area contributed by atoms with E-state index in [-0.39, 0.29) is 33.2 Å². The van der Waals surface area contributed by atoms with Crippen molar-refractivity contribution in [2.24, 2.45) is 0 Å². The number of hydrogen-bond acceptors (Lipinski definition) is 11. The van der Waals surface area contributed by atoms with Crippen molar-refractivity contribution in [1.82, 2.24) is 44.1 Å². The topological polar surface area (TPSA) is 148 Å². The van der Waals surface area contributed by atoms with Gasteiger partial charge in [-0.25, -0.2) is 23.7 Å². The van der Waals surface area contributed by atoms with Crippen LogP contribution in [0, 0.1) is 21.7 Å². The Morgan fingerprint density at radius 3 is 1.82 bits per heavy atom. The molecule has 14 nitrogen and oxygen atoms in total. The van der Waals surface area contributed by atoms with E-state index >= 15 is 0 Å². The maximum atomic E-state index is 13.7. The van der Waals surface area contributed by atoms with Crippen molar-refractivity contribution in [3.63, 3.8) is 0 Å². The average molecular weight is 751 g/mol. The first kappa shape index (κ1) is 37.5. The Kier molecular flexibility index (Phi) is 11.4. The molecule has 0 atom stereocenters. The van der Waals surface area contributed by atoms with E-state index in [1.165, 1.54) is 10.6 Å². The number of nitrogens with zero attached hydrogens (tertiary/aromatic N) is 9. The van der Waals surface area contributed by atoms with Crippen molar-refractivity contribution >= 4 is 27.6 Å². The molecule has 2 saturated heterocycles. The quantitative estimate of drug-likeness (QED) is 0.179. The van der Waals surface area contributed by atoms with Gasteiger partial charge in [0, 0.05) is 64.5 Å². The highest BCUT2D eigenvalue weighted by molar-refractivity contribution is 5.78. The molecule has 2 aliphatic rings. The van der Waals surface area contributed by atoms with Crippen LogP contribution in [-0.2, 0) is 13.1 Å². The first-order chi connectivity index (χ1) is 26.7.